The molecule has 92 valence electrons. The number of hydrogen-bond acceptors (Lipinski definition) is 2. The monoisotopic (exact) mass is 251 g/mol. The third-order valence-electron chi connectivity index (χ3n) is 3.92. The standard InChI is InChI=1S/C14H18ClNO/c1-9(10-3-2-4-11(15)7-10)16-13-8-12-5-6-14(13)17-12/h2-4,7,9,12-14,16H,5-6,8H2,1H3. The Kier molecular flexibility index (Phi) is 3.12. The second kappa shape index (κ2) is 4.60. The van der Waals surface area contributed by atoms with Crippen molar-refractivity contribution < 1.29 is 4.74 Å². The summed E-state index contributed by atoms with van der Waals surface area (Å²) in [6.45, 7) is 2.19. The maximum atomic E-state index is 6.02. The summed E-state index contributed by atoms with van der Waals surface area (Å²) in [6, 6.07) is 8.93. The molecule has 2 bridgehead atoms. The van der Waals surface area contributed by atoms with E-state index in [9.17, 15) is 0 Å². The first-order chi connectivity index (χ1) is 8.22. The first-order valence-electron chi connectivity index (χ1n) is 6.39. The number of halogens is 1. The Morgan fingerprint density at radius 1 is 1.41 bits per heavy atom. The highest BCUT2D eigenvalue weighted by atomic mass is 35.5. The molecular weight excluding hydrogens is 234 g/mol. The first kappa shape index (κ1) is 11.5. The predicted molar refractivity (Wildman–Crippen MR) is 69.3 cm³/mol. The topological polar surface area (TPSA) is 21.3 Å². The van der Waals surface area contributed by atoms with Gasteiger partial charge in [0.05, 0.1) is 12.2 Å². The highest BCUT2D eigenvalue weighted by Gasteiger charge is 2.40. The van der Waals surface area contributed by atoms with Crippen molar-refractivity contribution in [3.63, 3.8) is 0 Å². The minimum atomic E-state index is 0.335. The number of hydrogen-bond donors (Lipinski definition) is 1. The molecule has 2 saturated heterocycles. The molecule has 2 aliphatic heterocycles. The van der Waals surface area contributed by atoms with Gasteiger partial charge in [-0.2, -0.15) is 0 Å². The summed E-state index contributed by atoms with van der Waals surface area (Å²) in [5.41, 5.74) is 1.25. The van der Waals surface area contributed by atoms with Crippen LogP contribution in [0.25, 0.3) is 0 Å². The average Bonchev–Trinajstić information content (AvgIpc) is 2.91. The fourth-order valence-electron chi connectivity index (χ4n) is 3.01. The van der Waals surface area contributed by atoms with E-state index in [0.29, 0.717) is 24.3 Å². The quantitative estimate of drug-likeness (QED) is 0.890. The Morgan fingerprint density at radius 3 is 2.94 bits per heavy atom. The molecule has 4 unspecified atom stereocenters. The van der Waals surface area contributed by atoms with Gasteiger partial charge in [0.2, 0.25) is 0 Å². The number of rotatable bonds is 3. The SMILES string of the molecule is CC(NC1CC2CCC1O2)c1cccc(Cl)c1. The second-order valence-corrected chi connectivity index (χ2v) is 5.60. The van der Waals surface area contributed by atoms with Crippen molar-refractivity contribution in [1.82, 2.24) is 5.32 Å². The van der Waals surface area contributed by atoms with E-state index in [-0.39, 0.29) is 0 Å². The van der Waals surface area contributed by atoms with Gasteiger partial charge >= 0.3 is 0 Å². The van der Waals surface area contributed by atoms with Crippen molar-refractivity contribution in [1.29, 1.82) is 0 Å². The van der Waals surface area contributed by atoms with E-state index < -0.39 is 0 Å². The zero-order valence-electron chi connectivity index (χ0n) is 10.0. The first-order valence-corrected chi connectivity index (χ1v) is 6.77. The van der Waals surface area contributed by atoms with E-state index >= 15 is 0 Å². The molecule has 4 atom stereocenters. The summed E-state index contributed by atoms with van der Waals surface area (Å²) in [4.78, 5) is 0. The molecule has 2 heterocycles. The smallest absolute Gasteiger partial charge is 0.0733 e. The lowest BCUT2D eigenvalue weighted by molar-refractivity contribution is 0.0962. The summed E-state index contributed by atoms with van der Waals surface area (Å²) in [6.07, 6.45) is 4.56. The summed E-state index contributed by atoms with van der Waals surface area (Å²) < 4.78 is 5.86. The van der Waals surface area contributed by atoms with E-state index in [1.807, 2.05) is 18.2 Å². The Labute approximate surface area is 107 Å². The zero-order chi connectivity index (χ0) is 11.8. The van der Waals surface area contributed by atoms with Gasteiger partial charge in [0, 0.05) is 17.1 Å². The fourth-order valence-corrected chi connectivity index (χ4v) is 3.21. The van der Waals surface area contributed by atoms with Gasteiger partial charge in [-0.15, -0.1) is 0 Å². The minimum absolute atomic E-state index is 0.335. The molecule has 0 aliphatic carbocycles. The van der Waals surface area contributed by atoms with Crippen LogP contribution in [0.5, 0.6) is 0 Å². The van der Waals surface area contributed by atoms with Gasteiger partial charge in [-0.1, -0.05) is 23.7 Å². The van der Waals surface area contributed by atoms with Crippen molar-refractivity contribution in [2.45, 2.75) is 50.5 Å². The Balaban J connectivity index is 1.65. The van der Waals surface area contributed by atoms with Gasteiger partial charge in [0.15, 0.2) is 0 Å². The lowest BCUT2D eigenvalue weighted by Crippen LogP contribution is -2.38. The predicted octanol–water partition coefficient (Wildman–Crippen LogP) is 3.31. The fraction of sp³-hybridized carbons (Fsp3) is 0.571. The van der Waals surface area contributed by atoms with Crippen LogP contribution in [0.2, 0.25) is 5.02 Å². The molecular formula is C14H18ClNO. The van der Waals surface area contributed by atoms with Crippen molar-refractivity contribution in [3.05, 3.63) is 34.9 Å². The highest BCUT2D eigenvalue weighted by Crippen LogP contribution is 2.35. The maximum absolute atomic E-state index is 6.02. The van der Waals surface area contributed by atoms with Crippen LogP contribution in [-0.4, -0.2) is 18.2 Å². The Morgan fingerprint density at radius 2 is 2.29 bits per heavy atom. The molecule has 2 aliphatic rings. The third-order valence-corrected chi connectivity index (χ3v) is 4.15. The van der Waals surface area contributed by atoms with Crippen molar-refractivity contribution >= 4 is 11.6 Å². The van der Waals surface area contributed by atoms with Crippen molar-refractivity contribution in [3.8, 4) is 0 Å². The zero-order valence-corrected chi connectivity index (χ0v) is 10.8. The number of fused-ring (bicyclic) bond motifs is 2. The molecule has 2 fully saturated rings. The van der Waals surface area contributed by atoms with E-state index in [2.05, 4.69) is 18.3 Å². The van der Waals surface area contributed by atoms with Crippen LogP contribution >= 0.6 is 11.6 Å². The van der Waals surface area contributed by atoms with Crippen LogP contribution in [0.4, 0.5) is 0 Å². The van der Waals surface area contributed by atoms with E-state index in [1.54, 1.807) is 0 Å². The lowest BCUT2D eigenvalue weighted by Gasteiger charge is -2.24. The Bertz CT molecular complexity index is 409. The number of nitrogens with one attached hydrogen (secondary N) is 1. The van der Waals surface area contributed by atoms with Gasteiger partial charge in [-0.25, -0.2) is 0 Å². The third kappa shape index (κ3) is 2.35. The van der Waals surface area contributed by atoms with Gasteiger partial charge in [-0.05, 0) is 43.9 Å². The van der Waals surface area contributed by atoms with Crippen LogP contribution < -0.4 is 5.32 Å². The molecule has 0 amide bonds. The molecule has 3 heteroatoms. The molecule has 0 saturated carbocycles. The summed E-state index contributed by atoms with van der Waals surface area (Å²) in [5, 5.41) is 4.48. The second-order valence-electron chi connectivity index (χ2n) is 5.16. The number of benzene rings is 1. The van der Waals surface area contributed by atoms with E-state index in [4.69, 9.17) is 16.3 Å². The van der Waals surface area contributed by atoms with Crippen molar-refractivity contribution in [2.75, 3.05) is 0 Å². The van der Waals surface area contributed by atoms with E-state index in [1.165, 1.54) is 18.4 Å². The maximum Gasteiger partial charge on any atom is 0.0733 e. The summed E-state index contributed by atoms with van der Waals surface area (Å²) in [5.74, 6) is 0. The van der Waals surface area contributed by atoms with Gasteiger partial charge < -0.3 is 10.1 Å². The van der Waals surface area contributed by atoms with Crippen LogP contribution in [0.15, 0.2) is 24.3 Å². The van der Waals surface area contributed by atoms with Crippen molar-refractivity contribution in [2.24, 2.45) is 0 Å². The summed E-state index contributed by atoms with van der Waals surface area (Å²) >= 11 is 6.02. The van der Waals surface area contributed by atoms with Crippen LogP contribution in [0.1, 0.15) is 37.8 Å². The molecule has 17 heavy (non-hydrogen) atoms. The van der Waals surface area contributed by atoms with Crippen LogP contribution in [0.3, 0.4) is 0 Å². The van der Waals surface area contributed by atoms with Gasteiger partial charge in [0.25, 0.3) is 0 Å². The Hall–Kier alpha value is -0.570. The highest BCUT2D eigenvalue weighted by molar-refractivity contribution is 6.30. The number of ether oxygens (including phenoxy) is 1. The molecule has 2 nitrogen and oxygen atoms in total. The summed E-state index contributed by atoms with van der Waals surface area (Å²) in [7, 11) is 0. The molecule has 0 aromatic heterocycles. The normalized spacial score (nSPS) is 32.9. The minimum Gasteiger partial charge on any atom is -0.373 e. The van der Waals surface area contributed by atoms with Crippen LogP contribution in [-0.2, 0) is 4.74 Å². The molecule has 1 aromatic carbocycles. The molecule has 1 aromatic rings. The van der Waals surface area contributed by atoms with Gasteiger partial charge in [-0.3, -0.25) is 0 Å². The largest absolute Gasteiger partial charge is 0.373 e. The average molecular weight is 252 g/mol. The van der Waals surface area contributed by atoms with Gasteiger partial charge in [0.1, 0.15) is 0 Å². The van der Waals surface area contributed by atoms with E-state index in [0.717, 1.165) is 11.4 Å². The molecule has 0 radical (unpaired) electrons. The van der Waals surface area contributed by atoms with Crippen LogP contribution in [0, 0.1) is 0 Å². The molecule has 1 N–H and O–H groups in total. The lowest BCUT2D eigenvalue weighted by atomic mass is 9.94. The molecule has 3 rings (SSSR count). The molecule has 0 spiro atoms.